The van der Waals surface area contributed by atoms with Crippen LogP contribution in [0.15, 0.2) is 42.6 Å². The first-order valence-corrected chi connectivity index (χ1v) is 9.74. The summed E-state index contributed by atoms with van der Waals surface area (Å²) in [5.74, 6) is 0.0995. The lowest BCUT2D eigenvalue weighted by Gasteiger charge is -2.28. The number of aliphatic hydroxyl groups excluding tert-OH is 5. The molecule has 3 aromatic rings. The molecule has 0 spiro atoms. The summed E-state index contributed by atoms with van der Waals surface area (Å²) in [6, 6.07) is 11.3. The van der Waals surface area contributed by atoms with E-state index in [9.17, 15) is 25.2 Å². The van der Waals surface area contributed by atoms with Gasteiger partial charge in [-0.3, -0.25) is 4.79 Å². The number of amides is 1. The number of hydrogen-bond donors (Lipinski definition) is 5. The third kappa shape index (κ3) is 4.73. The van der Waals surface area contributed by atoms with E-state index < -0.39 is 36.9 Å². The minimum absolute atomic E-state index is 0.287. The maximum atomic E-state index is 12.8. The fourth-order valence-corrected chi connectivity index (χ4v) is 3.26. The summed E-state index contributed by atoms with van der Waals surface area (Å²) in [4.78, 5) is 18.6. The molecule has 4 atom stereocenters. The Balaban J connectivity index is 1.75. The molecule has 2 aromatic heterocycles. The second-order valence-electron chi connectivity index (χ2n) is 7.40. The van der Waals surface area contributed by atoms with Crippen LogP contribution in [0.2, 0.25) is 0 Å². The van der Waals surface area contributed by atoms with E-state index in [0.717, 1.165) is 10.9 Å². The van der Waals surface area contributed by atoms with E-state index in [0.29, 0.717) is 11.5 Å². The molecule has 0 saturated carbocycles. The van der Waals surface area contributed by atoms with Crippen molar-refractivity contribution in [3.05, 3.63) is 53.9 Å². The van der Waals surface area contributed by atoms with E-state index in [1.54, 1.807) is 17.7 Å². The molecule has 31 heavy (non-hydrogen) atoms. The summed E-state index contributed by atoms with van der Waals surface area (Å²) in [6.07, 6.45) is -5.25. The molecule has 0 aliphatic rings. The number of carbonyl (C=O) groups is 1. The fraction of sp³-hybridized carbons (Fsp3) is 0.381. The van der Waals surface area contributed by atoms with Crippen molar-refractivity contribution in [1.29, 1.82) is 0 Å². The topological polar surface area (TPSA) is 152 Å². The van der Waals surface area contributed by atoms with Crippen molar-refractivity contribution in [2.45, 2.75) is 31.3 Å². The summed E-state index contributed by atoms with van der Waals surface area (Å²) < 4.78 is 1.54. The number of likely N-dealkylation sites (N-methyl/N-ethyl adjacent to an activating group) is 1. The first kappa shape index (κ1) is 22.8. The van der Waals surface area contributed by atoms with E-state index in [4.69, 9.17) is 5.11 Å². The number of fused-ring (bicyclic) bond motifs is 1. The Hall–Kier alpha value is -2.89. The summed E-state index contributed by atoms with van der Waals surface area (Å²) >= 11 is 0. The van der Waals surface area contributed by atoms with E-state index in [-0.39, 0.29) is 12.1 Å². The third-order valence-electron chi connectivity index (χ3n) is 5.17. The summed E-state index contributed by atoms with van der Waals surface area (Å²) in [5, 5.41) is 53.3. The van der Waals surface area contributed by atoms with Crippen LogP contribution in [0, 0.1) is 6.92 Å². The van der Waals surface area contributed by atoms with Gasteiger partial charge in [0.25, 0.3) is 5.91 Å². The van der Waals surface area contributed by atoms with Gasteiger partial charge < -0.3 is 30.4 Å². The number of pyridine rings is 1. The summed E-state index contributed by atoms with van der Waals surface area (Å²) in [5.41, 5.74) is 1.63. The van der Waals surface area contributed by atoms with Crippen molar-refractivity contribution < 1.29 is 30.3 Å². The number of rotatable bonds is 8. The molecule has 10 nitrogen and oxygen atoms in total. The maximum absolute atomic E-state index is 12.8. The number of hydrogen-bond acceptors (Lipinski definition) is 8. The molecule has 0 radical (unpaired) electrons. The molecule has 1 aromatic carbocycles. The molecule has 0 saturated heterocycles. The highest BCUT2D eigenvalue weighted by atomic mass is 16.4. The average Bonchev–Trinajstić information content (AvgIpc) is 3.17. The van der Waals surface area contributed by atoms with E-state index in [2.05, 4.69) is 10.1 Å². The molecule has 1 amide bonds. The van der Waals surface area contributed by atoms with Crippen LogP contribution in [0.25, 0.3) is 16.7 Å². The molecule has 0 bridgehead atoms. The Labute approximate surface area is 178 Å². The SMILES string of the molecule is Cc1c(C(=O)N(C)CC(O)C(O)C(O)C(O)CO)cnn1-c1ccc2ccccc2n1. The zero-order valence-corrected chi connectivity index (χ0v) is 17.2. The second-order valence-corrected chi connectivity index (χ2v) is 7.40. The smallest absolute Gasteiger partial charge is 0.257 e. The van der Waals surface area contributed by atoms with Crippen molar-refractivity contribution in [1.82, 2.24) is 19.7 Å². The van der Waals surface area contributed by atoms with Crippen LogP contribution < -0.4 is 0 Å². The summed E-state index contributed by atoms with van der Waals surface area (Å²) in [7, 11) is 1.43. The van der Waals surface area contributed by atoms with Gasteiger partial charge in [-0.15, -0.1) is 0 Å². The minimum atomic E-state index is -1.76. The molecule has 4 unspecified atom stereocenters. The number of para-hydroxylation sites is 1. The van der Waals surface area contributed by atoms with Gasteiger partial charge in [-0.25, -0.2) is 9.67 Å². The number of nitrogens with zero attached hydrogens (tertiary/aromatic N) is 4. The molecule has 0 aliphatic heterocycles. The average molecular weight is 430 g/mol. The van der Waals surface area contributed by atoms with Crippen LogP contribution in [0.1, 0.15) is 16.1 Å². The molecule has 10 heteroatoms. The predicted molar refractivity (Wildman–Crippen MR) is 112 cm³/mol. The highest BCUT2D eigenvalue weighted by molar-refractivity contribution is 5.95. The van der Waals surface area contributed by atoms with Gasteiger partial charge in [0, 0.05) is 19.0 Å². The molecule has 166 valence electrons. The first-order valence-electron chi connectivity index (χ1n) is 9.74. The van der Waals surface area contributed by atoms with Gasteiger partial charge in [0.15, 0.2) is 5.82 Å². The van der Waals surface area contributed by atoms with Crippen LogP contribution >= 0.6 is 0 Å². The van der Waals surface area contributed by atoms with Gasteiger partial charge in [-0.2, -0.15) is 5.10 Å². The monoisotopic (exact) mass is 430 g/mol. The van der Waals surface area contributed by atoms with Crippen molar-refractivity contribution in [3.63, 3.8) is 0 Å². The standard InChI is InChI=1S/C21H26N4O6/c1-12-14(21(31)24(2)10-16(27)19(29)20(30)17(28)11-26)9-22-25(12)18-8-7-13-5-3-4-6-15(13)23-18/h3-9,16-17,19-20,26-30H,10-11H2,1-2H3. The molecular weight excluding hydrogens is 404 g/mol. The van der Waals surface area contributed by atoms with Crippen molar-refractivity contribution in [3.8, 4) is 5.82 Å². The van der Waals surface area contributed by atoms with E-state index in [1.807, 2.05) is 30.3 Å². The quantitative estimate of drug-likeness (QED) is 0.313. The number of aliphatic hydroxyl groups is 5. The van der Waals surface area contributed by atoms with Crippen LogP contribution in [-0.4, -0.2) is 95.7 Å². The second kappa shape index (κ2) is 9.50. The lowest BCUT2D eigenvalue weighted by atomic mass is 10.0. The third-order valence-corrected chi connectivity index (χ3v) is 5.17. The van der Waals surface area contributed by atoms with Crippen molar-refractivity contribution >= 4 is 16.8 Å². The minimum Gasteiger partial charge on any atom is -0.394 e. The lowest BCUT2D eigenvalue weighted by molar-refractivity contribution is -0.117. The van der Waals surface area contributed by atoms with Crippen LogP contribution in [-0.2, 0) is 0 Å². The molecule has 0 fully saturated rings. The molecule has 0 aliphatic carbocycles. The van der Waals surface area contributed by atoms with Crippen LogP contribution in [0.4, 0.5) is 0 Å². The van der Waals surface area contributed by atoms with E-state index >= 15 is 0 Å². The van der Waals surface area contributed by atoms with Crippen molar-refractivity contribution in [2.24, 2.45) is 0 Å². The van der Waals surface area contributed by atoms with Gasteiger partial charge in [0.1, 0.15) is 24.4 Å². The largest absolute Gasteiger partial charge is 0.394 e. The lowest BCUT2D eigenvalue weighted by Crippen LogP contribution is -2.50. The highest BCUT2D eigenvalue weighted by Crippen LogP contribution is 2.18. The predicted octanol–water partition coefficient (Wildman–Crippen LogP) is -0.763. The Morgan fingerprint density at radius 2 is 1.74 bits per heavy atom. The Morgan fingerprint density at radius 3 is 2.45 bits per heavy atom. The normalized spacial score (nSPS) is 15.5. The highest BCUT2D eigenvalue weighted by Gasteiger charge is 2.32. The Morgan fingerprint density at radius 1 is 1.06 bits per heavy atom. The number of benzene rings is 1. The maximum Gasteiger partial charge on any atom is 0.257 e. The molecule has 5 N–H and O–H groups in total. The van der Waals surface area contributed by atoms with Crippen molar-refractivity contribution in [2.75, 3.05) is 20.2 Å². The summed E-state index contributed by atoms with van der Waals surface area (Å²) in [6.45, 7) is 0.631. The Kier molecular flexibility index (Phi) is 6.98. The fourth-order valence-electron chi connectivity index (χ4n) is 3.26. The van der Waals surface area contributed by atoms with Gasteiger partial charge in [0.05, 0.1) is 29.6 Å². The van der Waals surface area contributed by atoms with Crippen LogP contribution in [0.5, 0.6) is 0 Å². The van der Waals surface area contributed by atoms with Crippen LogP contribution in [0.3, 0.4) is 0 Å². The number of carbonyl (C=O) groups excluding carboxylic acids is 1. The van der Waals surface area contributed by atoms with Gasteiger partial charge in [-0.1, -0.05) is 18.2 Å². The van der Waals surface area contributed by atoms with E-state index in [1.165, 1.54) is 18.1 Å². The molecular formula is C21H26N4O6. The first-order chi connectivity index (χ1) is 14.7. The molecule has 2 heterocycles. The molecule has 3 rings (SSSR count). The Bertz CT molecular complexity index is 1060. The van der Waals surface area contributed by atoms with Gasteiger partial charge in [0.2, 0.25) is 0 Å². The van der Waals surface area contributed by atoms with Gasteiger partial charge >= 0.3 is 0 Å². The zero-order chi connectivity index (χ0) is 22.7. The number of aromatic nitrogens is 3. The zero-order valence-electron chi connectivity index (χ0n) is 17.2. The van der Waals surface area contributed by atoms with Gasteiger partial charge in [-0.05, 0) is 25.1 Å².